The number of thiophene rings is 1. The van der Waals surface area contributed by atoms with E-state index in [1.54, 1.807) is 13.8 Å². The molecule has 0 spiro atoms. The molecule has 3 rings (SSSR count). The quantitative estimate of drug-likeness (QED) is 0.479. The van der Waals surface area contributed by atoms with Crippen LogP contribution in [0.15, 0.2) is 44.1 Å². The van der Waals surface area contributed by atoms with Gasteiger partial charge in [-0.15, -0.1) is 11.3 Å². The average molecular weight is 425 g/mol. The molecule has 124 valence electrons. The van der Waals surface area contributed by atoms with Gasteiger partial charge in [-0.2, -0.15) is 0 Å². The van der Waals surface area contributed by atoms with Gasteiger partial charge in [-0.1, -0.05) is 39.8 Å². The molecule has 0 bridgehead atoms. The van der Waals surface area contributed by atoms with Crippen LogP contribution in [0.4, 0.5) is 0 Å². The molecule has 2 heterocycles. The molecule has 0 fully saturated rings. The SMILES string of the molecule is CC(C)(Sc1nc2scc(-c3ccc(Br)cc3)c2c(=O)[nH]1)C(=O)O. The van der Waals surface area contributed by atoms with E-state index in [1.807, 2.05) is 29.6 Å². The van der Waals surface area contributed by atoms with Crippen LogP contribution in [0.3, 0.4) is 0 Å². The number of aromatic amines is 1. The first kappa shape index (κ1) is 17.2. The summed E-state index contributed by atoms with van der Waals surface area (Å²) in [5.74, 6) is -0.961. The highest BCUT2D eigenvalue weighted by Crippen LogP contribution is 2.34. The van der Waals surface area contributed by atoms with E-state index in [9.17, 15) is 14.7 Å². The van der Waals surface area contributed by atoms with Gasteiger partial charge in [-0.3, -0.25) is 9.59 Å². The van der Waals surface area contributed by atoms with Gasteiger partial charge in [0.1, 0.15) is 9.58 Å². The second-order valence-electron chi connectivity index (χ2n) is 5.63. The van der Waals surface area contributed by atoms with Gasteiger partial charge in [0.05, 0.1) is 5.39 Å². The Bertz CT molecular complexity index is 977. The summed E-state index contributed by atoms with van der Waals surface area (Å²) in [5.41, 5.74) is 1.50. The van der Waals surface area contributed by atoms with Gasteiger partial charge in [0, 0.05) is 15.4 Å². The molecule has 2 N–H and O–H groups in total. The van der Waals surface area contributed by atoms with E-state index in [4.69, 9.17) is 0 Å². The molecule has 0 saturated heterocycles. The summed E-state index contributed by atoms with van der Waals surface area (Å²) in [6.07, 6.45) is 0. The number of nitrogens with one attached hydrogen (secondary N) is 1. The van der Waals surface area contributed by atoms with Crippen molar-refractivity contribution in [2.24, 2.45) is 0 Å². The van der Waals surface area contributed by atoms with Crippen molar-refractivity contribution < 1.29 is 9.90 Å². The van der Waals surface area contributed by atoms with Gasteiger partial charge in [-0.05, 0) is 31.5 Å². The van der Waals surface area contributed by atoms with Crippen LogP contribution in [0.25, 0.3) is 21.3 Å². The van der Waals surface area contributed by atoms with Crippen molar-refractivity contribution in [3.63, 3.8) is 0 Å². The molecule has 2 aromatic heterocycles. The Balaban J connectivity index is 2.07. The summed E-state index contributed by atoms with van der Waals surface area (Å²) in [6.45, 7) is 3.15. The van der Waals surface area contributed by atoms with Crippen molar-refractivity contribution in [3.05, 3.63) is 44.5 Å². The van der Waals surface area contributed by atoms with Crippen LogP contribution >= 0.6 is 39.0 Å². The van der Waals surface area contributed by atoms with Crippen LogP contribution in [0.1, 0.15) is 13.8 Å². The Hall–Kier alpha value is -1.64. The number of carboxylic acids is 1. The molecular formula is C16H13BrN2O3S2. The molecule has 0 aliphatic carbocycles. The summed E-state index contributed by atoms with van der Waals surface area (Å²) in [5, 5.41) is 12.0. The van der Waals surface area contributed by atoms with Gasteiger partial charge in [-0.25, -0.2) is 4.98 Å². The van der Waals surface area contributed by atoms with Crippen molar-refractivity contribution in [2.45, 2.75) is 23.8 Å². The average Bonchev–Trinajstić information content (AvgIpc) is 2.91. The molecule has 0 aliphatic rings. The fourth-order valence-electron chi connectivity index (χ4n) is 2.10. The number of benzene rings is 1. The lowest BCUT2D eigenvalue weighted by molar-refractivity contribution is -0.138. The number of aliphatic carboxylic acids is 1. The molecule has 8 heteroatoms. The van der Waals surface area contributed by atoms with E-state index in [2.05, 4.69) is 25.9 Å². The molecule has 0 radical (unpaired) electrons. The standard InChI is InChI=1S/C16H13BrN2O3S2/c1-16(2,14(21)22)24-15-18-12(20)11-10(7-23-13(11)19-15)8-3-5-9(17)6-4-8/h3-7H,1-2H3,(H,21,22)(H,18,19,20). The lowest BCUT2D eigenvalue weighted by atomic mass is 10.1. The Labute approximate surface area is 154 Å². The van der Waals surface area contributed by atoms with Crippen LogP contribution in [-0.2, 0) is 4.79 Å². The van der Waals surface area contributed by atoms with Crippen molar-refractivity contribution in [2.75, 3.05) is 0 Å². The molecule has 0 saturated carbocycles. The fraction of sp³-hybridized carbons (Fsp3) is 0.188. The highest BCUT2D eigenvalue weighted by molar-refractivity contribution is 9.10. The number of hydrogen-bond acceptors (Lipinski definition) is 5. The molecule has 3 aromatic rings. The first-order valence-electron chi connectivity index (χ1n) is 6.98. The molecule has 0 unspecified atom stereocenters. The third kappa shape index (κ3) is 3.26. The highest BCUT2D eigenvalue weighted by Gasteiger charge is 2.30. The molecule has 24 heavy (non-hydrogen) atoms. The van der Waals surface area contributed by atoms with Crippen molar-refractivity contribution in [1.29, 1.82) is 0 Å². The number of halogens is 1. The second kappa shape index (κ2) is 6.34. The first-order chi connectivity index (χ1) is 11.3. The topological polar surface area (TPSA) is 83.0 Å². The zero-order chi connectivity index (χ0) is 17.5. The predicted octanol–water partition coefficient (Wildman–Crippen LogP) is 4.37. The third-order valence-electron chi connectivity index (χ3n) is 3.44. The number of carboxylic acid groups (broad SMARTS) is 1. The minimum absolute atomic E-state index is 0.261. The molecule has 0 atom stereocenters. The van der Waals surface area contributed by atoms with Crippen molar-refractivity contribution in [3.8, 4) is 11.1 Å². The molecule has 0 aliphatic heterocycles. The van der Waals surface area contributed by atoms with Crippen LogP contribution in [0.2, 0.25) is 0 Å². The summed E-state index contributed by atoms with van der Waals surface area (Å²) in [7, 11) is 0. The van der Waals surface area contributed by atoms with Crippen LogP contribution < -0.4 is 5.56 Å². The molecule has 5 nitrogen and oxygen atoms in total. The minimum atomic E-state index is -1.07. The van der Waals surface area contributed by atoms with Crippen LogP contribution in [-0.4, -0.2) is 25.8 Å². The number of fused-ring (bicyclic) bond motifs is 1. The number of nitrogens with zero attached hydrogens (tertiary/aromatic N) is 1. The minimum Gasteiger partial charge on any atom is -0.480 e. The van der Waals surface area contributed by atoms with Gasteiger partial charge in [0.2, 0.25) is 0 Å². The van der Waals surface area contributed by atoms with E-state index in [1.165, 1.54) is 11.3 Å². The Kier molecular flexibility index (Phi) is 4.54. The fourth-order valence-corrected chi connectivity index (χ4v) is 4.23. The van der Waals surface area contributed by atoms with Crippen LogP contribution in [0.5, 0.6) is 0 Å². The van der Waals surface area contributed by atoms with Gasteiger partial charge < -0.3 is 10.1 Å². The zero-order valence-electron chi connectivity index (χ0n) is 12.8. The molecule has 0 amide bonds. The number of aromatic nitrogens is 2. The van der Waals surface area contributed by atoms with E-state index in [0.29, 0.717) is 15.4 Å². The van der Waals surface area contributed by atoms with E-state index >= 15 is 0 Å². The maximum Gasteiger partial charge on any atom is 0.319 e. The number of thioether (sulfide) groups is 1. The lowest BCUT2D eigenvalue weighted by Crippen LogP contribution is -2.27. The van der Waals surface area contributed by atoms with Crippen LogP contribution in [0, 0.1) is 0 Å². The van der Waals surface area contributed by atoms with Gasteiger partial charge >= 0.3 is 5.97 Å². The number of H-pyrrole nitrogens is 1. The van der Waals surface area contributed by atoms with E-state index in [0.717, 1.165) is 27.4 Å². The summed E-state index contributed by atoms with van der Waals surface area (Å²) < 4.78 is -0.109. The third-order valence-corrected chi connectivity index (χ3v) is 5.92. The normalized spacial score (nSPS) is 11.8. The van der Waals surface area contributed by atoms with Gasteiger partial charge in [0.15, 0.2) is 5.16 Å². The summed E-state index contributed by atoms with van der Waals surface area (Å²) >= 11 is 5.79. The maximum absolute atomic E-state index is 12.5. The van der Waals surface area contributed by atoms with E-state index < -0.39 is 10.7 Å². The summed E-state index contributed by atoms with van der Waals surface area (Å²) in [6, 6.07) is 7.70. The molecule has 1 aromatic carbocycles. The monoisotopic (exact) mass is 424 g/mol. The number of carbonyl (C=O) groups is 1. The largest absolute Gasteiger partial charge is 0.480 e. The lowest BCUT2D eigenvalue weighted by Gasteiger charge is -2.16. The molecular weight excluding hydrogens is 412 g/mol. The Morgan fingerprint density at radius 3 is 2.62 bits per heavy atom. The number of hydrogen-bond donors (Lipinski definition) is 2. The Morgan fingerprint density at radius 2 is 2.00 bits per heavy atom. The maximum atomic E-state index is 12.5. The van der Waals surface area contributed by atoms with Gasteiger partial charge in [0.25, 0.3) is 5.56 Å². The number of rotatable bonds is 4. The van der Waals surface area contributed by atoms with Crippen molar-refractivity contribution in [1.82, 2.24) is 9.97 Å². The summed E-state index contributed by atoms with van der Waals surface area (Å²) in [4.78, 5) is 31.5. The highest BCUT2D eigenvalue weighted by atomic mass is 79.9. The smallest absolute Gasteiger partial charge is 0.319 e. The zero-order valence-corrected chi connectivity index (χ0v) is 16.0. The first-order valence-corrected chi connectivity index (χ1v) is 9.47. The van der Waals surface area contributed by atoms with E-state index in [-0.39, 0.29) is 5.56 Å². The Morgan fingerprint density at radius 1 is 1.33 bits per heavy atom. The van der Waals surface area contributed by atoms with Crippen molar-refractivity contribution >= 4 is 55.2 Å². The predicted molar refractivity (Wildman–Crippen MR) is 101 cm³/mol. The second-order valence-corrected chi connectivity index (χ2v) is 9.01.